The predicted octanol–water partition coefficient (Wildman–Crippen LogP) is -0.603. The molecule has 0 aliphatic carbocycles. The van der Waals surface area contributed by atoms with E-state index in [0.717, 1.165) is 72.5 Å². The predicted molar refractivity (Wildman–Crippen MR) is 152 cm³/mol. The maximum Gasteiger partial charge on any atom is 0.124 e. The molecular weight excluding hydrogens is 519 g/mol. The van der Waals surface area contributed by atoms with Gasteiger partial charge in [-0.1, -0.05) is 0 Å². The molecule has 8 heteroatoms. The number of quaternary nitrogens is 2. The highest BCUT2D eigenvalue weighted by Gasteiger charge is 2.22. The Morgan fingerprint density at radius 1 is 0.579 bits per heavy atom. The Bertz CT molecular complexity index is 921. The van der Waals surface area contributed by atoms with Crippen LogP contribution in [0.5, 0.6) is 11.5 Å². The third kappa shape index (κ3) is 9.88. The van der Waals surface area contributed by atoms with Crippen molar-refractivity contribution in [1.29, 1.82) is 0 Å². The van der Waals surface area contributed by atoms with Crippen LogP contribution >= 0.6 is 0 Å². The molecule has 0 amide bonds. The van der Waals surface area contributed by atoms with Gasteiger partial charge in [0, 0.05) is 34.7 Å². The first-order chi connectivity index (χ1) is 17.3. The Morgan fingerprint density at radius 2 is 0.895 bits per heavy atom. The summed E-state index contributed by atoms with van der Waals surface area (Å²) >= 11 is 0. The van der Waals surface area contributed by atoms with E-state index in [2.05, 4.69) is 51.5 Å². The molecule has 0 unspecified atom stereocenters. The van der Waals surface area contributed by atoms with Crippen LogP contribution in [-0.2, 0) is 13.1 Å². The van der Waals surface area contributed by atoms with Crippen LogP contribution in [0.2, 0.25) is 0 Å². The summed E-state index contributed by atoms with van der Waals surface area (Å²) in [6.45, 7) is 22.9. The van der Waals surface area contributed by atoms with E-state index < -0.39 is 0 Å². The molecule has 0 spiro atoms. The number of aliphatic imine (C=N–C) groups is 2. The van der Waals surface area contributed by atoms with E-state index in [-0.39, 0.29) is 36.3 Å². The summed E-state index contributed by atoms with van der Waals surface area (Å²) in [4.78, 5) is 8.97. The van der Waals surface area contributed by atoms with E-state index in [1.54, 1.807) is 24.6 Å². The number of benzene rings is 2. The van der Waals surface area contributed by atoms with E-state index in [0.29, 0.717) is 13.1 Å². The molecule has 6 nitrogen and oxygen atoms in total. The Balaban J connectivity index is 0.00000684. The van der Waals surface area contributed by atoms with Crippen molar-refractivity contribution in [3.8, 4) is 11.5 Å². The monoisotopic (exact) mass is 566 g/mol. The second kappa shape index (κ2) is 17.5. The molecular formula is C30H48Cl2N4O2. The third-order valence-electron chi connectivity index (χ3n) is 8.06. The van der Waals surface area contributed by atoms with Crippen LogP contribution in [-0.4, -0.2) is 84.0 Å². The first-order valence-corrected chi connectivity index (χ1v) is 13.6. The zero-order valence-corrected chi connectivity index (χ0v) is 25.6. The van der Waals surface area contributed by atoms with Crippen molar-refractivity contribution in [1.82, 2.24) is 0 Å². The minimum atomic E-state index is 0. The van der Waals surface area contributed by atoms with Gasteiger partial charge < -0.3 is 44.0 Å². The number of rotatable bonds is 15. The van der Waals surface area contributed by atoms with Gasteiger partial charge >= 0.3 is 0 Å². The van der Waals surface area contributed by atoms with E-state index in [4.69, 9.17) is 0 Å². The van der Waals surface area contributed by atoms with Gasteiger partial charge in [0.15, 0.2) is 0 Å². The number of nitrogens with zero attached hydrogens (tertiary/aromatic N) is 4. The number of halogens is 2. The van der Waals surface area contributed by atoms with E-state index >= 15 is 0 Å². The smallest absolute Gasteiger partial charge is 0.124 e. The minimum Gasteiger partial charge on any atom is -1.00 e. The van der Waals surface area contributed by atoms with Gasteiger partial charge in [0.05, 0.1) is 52.4 Å². The molecule has 0 bridgehead atoms. The molecule has 0 radical (unpaired) electrons. The highest BCUT2D eigenvalue weighted by molar-refractivity contribution is 5.84. The lowest BCUT2D eigenvalue weighted by molar-refractivity contribution is -0.936. The molecule has 2 rings (SSSR count). The van der Waals surface area contributed by atoms with Crippen molar-refractivity contribution in [2.45, 2.75) is 54.6 Å². The summed E-state index contributed by atoms with van der Waals surface area (Å²) < 4.78 is 2.05. The maximum absolute atomic E-state index is 10.3. The fourth-order valence-corrected chi connectivity index (χ4v) is 4.84. The summed E-state index contributed by atoms with van der Waals surface area (Å²) in [5, 5.41) is 20.6. The van der Waals surface area contributed by atoms with Gasteiger partial charge in [-0.2, -0.15) is 0 Å². The zero-order valence-electron chi connectivity index (χ0n) is 24.1. The molecule has 0 saturated heterocycles. The van der Waals surface area contributed by atoms with Crippen molar-refractivity contribution in [3.63, 3.8) is 0 Å². The SMILES string of the molecule is CC[N+](CC)(CC)Cc1ccc(O)c(C=NCCN=Cc2cc(C[N+](CC)(CC)CC)ccc2O)c1.[Cl-].[Cl-]. The summed E-state index contributed by atoms with van der Waals surface area (Å²) in [6.07, 6.45) is 3.48. The number of aromatic hydroxyl groups is 2. The molecule has 38 heavy (non-hydrogen) atoms. The normalized spacial score (nSPS) is 12.1. The number of hydrogen-bond donors (Lipinski definition) is 2. The quantitative estimate of drug-likeness (QED) is 0.172. The minimum absolute atomic E-state index is 0. The van der Waals surface area contributed by atoms with Gasteiger partial charge in [0.1, 0.15) is 24.6 Å². The summed E-state index contributed by atoms with van der Waals surface area (Å²) in [6, 6.07) is 11.6. The Kier molecular flexibility index (Phi) is 16.5. The average Bonchev–Trinajstić information content (AvgIpc) is 2.91. The van der Waals surface area contributed by atoms with Crippen molar-refractivity contribution < 1.29 is 44.0 Å². The molecule has 0 atom stereocenters. The number of hydrogen-bond acceptors (Lipinski definition) is 4. The number of phenolic OH excluding ortho intramolecular Hbond substituents is 2. The van der Waals surface area contributed by atoms with Gasteiger partial charge in [-0.3, -0.25) is 9.98 Å². The van der Waals surface area contributed by atoms with E-state index in [1.165, 1.54) is 11.1 Å². The van der Waals surface area contributed by atoms with Crippen molar-refractivity contribution in [2.75, 3.05) is 52.4 Å². The third-order valence-corrected chi connectivity index (χ3v) is 8.06. The molecule has 0 saturated carbocycles. The Morgan fingerprint density at radius 3 is 1.18 bits per heavy atom. The highest BCUT2D eigenvalue weighted by Crippen LogP contribution is 2.22. The molecule has 2 aromatic carbocycles. The molecule has 0 aliphatic heterocycles. The maximum atomic E-state index is 10.3. The zero-order chi connectivity index (χ0) is 26.6. The highest BCUT2D eigenvalue weighted by atomic mass is 35.5. The Labute approximate surface area is 243 Å². The molecule has 0 fully saturated rings. The lowest BCUT2D eigenvalue weighted by Gasteiger charge is -2.36. The fraction of sp³-hybridized carbons (Fsp3) is 0.533. The molecule has 214 valence electrons. The number of phenols is 2. The van der Waals surface area contributed by atoms with Gasteiger partial charge in [-0.15, -0.1) is 0 Å². The Hall–Kier alpha value is -2.12. The standard InChI is InChI=1S/C30H46N4O2.2ClH/c1-7-33(8-2,9-3)23-25-13-15-29(35)27(19-25)21-31-17-18-32-22-28-20-26(14-16-30(28)36)24-34(10-4,11-5)12-6;;/h13-16,19-22H,7-12,17-18,23-24H2,1-6H3;2*1H. The largest absolute Gasteiger partial charge is 1.00 e. The van der Waals surface area contributed by atoms with Gasteiger partial charge in [-0.05, 0) is 77.9 Å². The average molecular weight is 568 g/mol. The van der Waals surface area contributed by atoms with Crippen LogP contribution in [0.15, 0.2) is 46.4 Å². The fourth-order valence-electron chi connectivity index (χ4n) is 4.84. The second-order valence-corrected chi connectivity index (χ2v) is 9.75. The summed E-state index contributed by atoms with van der Waals surface area (Å²) in [7, 11) is 0. The molecule has 0 aliphatic rings. The van der Waals surface area contributed by atoms with E-state index in [9.17, 15) is 10.2 Å². The summed E-state index contributed by atoms with van der Waals surface area (Å²) in [5.41, 5.74) is 3.91. The van der Waals surface area contributed by atoms with Crippen LogP contribution < -0.4 is 24.8 Å². The van der Waals surface area contributed by atoms with E-state index in [1.807, 2.05) is 24.3 Å². The lowest BCUT2D eigenvalue weighted by atomic mass is 10.1. The first kappa shape index (κ1) is 35.9. The van der Waals surface area contributed by atoms with Crippen molar-refractivity contribution in [2.24, 2.45) is 9.98 Å². The summed E-state index contributed by atoms with van der Waals surface area (Å²) in [5.74, 6) is 0.493. The molecule has 2 aromatic rings. The molecule has 0 heterocycles. The van der Waals surface area contributed by atoms with Crippen LogP contribution in [0, 0.1) is 0 Å². The van der Waals surface area contributed by atoms with Crippen LogP contribution in [0.4, 0.5) is 0 Å². The van der Waals surface area contributed by atoms with Gasteiger partial charge in [0.2, 0.25) is 0 Å². The van der Waals surface area contributed by atoms with Crippen molar-refractivity contribution >= 4 is 12.4 Å². The van der Waals surface area contributed by atoms with Crippen molar-refractivity contribution in [3.05, 3.63) is 58.7 Å². The van der Waals surface area contributed by atoms with Gasteiger partial charge in [-0.25, -0.2) is 0 Å². The van der Waals surface area contributed by atoms with Gasteiger partial charge in [0.25, 0.3) is 0 Å². The van der Waals surface area contributed by atoms with Crippen LogP contribution in [0.1, 0.15) is 63.8 Å². The first-order valence-electron chi connectivity index (χ1n) is 13.6. The molecule has 0 aromatic heterocycles. The van der Waals surface area contributed by atoms with Crippen LogP contribution in [0.3, 0.4) is 0 Å². The second-order valence-electron chi connectivity index (χ2n) is 9.75. The molecule has 2 N–H and O–H groups in total. The lowest BCUT2D eigenvalue weighted by Crippen LogP contribution is -3.00. The van der Waals surface area contributed by atoms with Crippen LogP contribution in [0.25, 0.3) is 0 Å². The topological polar surface area (TPSA) is 65.2 Å².